The molecule has 0 saturated carbocycles. The largest absolute Gasteiger partial charge is 0.497 e. The molecule has 34 heavy (non-hydrogen) atoms. The average Bonchev–Trinajstić information content (AvgIpc) is 3.23. The van der Waals surface area contributed by atoms with Crippen LogP contribution < -0.4 is 15.1 Å². The Bertz CT molecular complexity index is 1480. The van der Waals surface area contributed by atoms with Crippen LogP contribution in [0.3, 0.4) is 0 Å². The molecule has 0 spiro atoms. The van der Waals surface area contributed by atoms with Gasteiger partial charge in [-0.05, 0) is 59.7 Å². The second-order valence-electron chi connectivity index (χ2n) is 7.68. The number of hydrogen-bond donors (Lipinski definition) is 0. The zero-order valence-corrected chi connectivity index (χ0v) is 18.3. The molecule has 0 bridgehead atoms. The van der Waals surface area contributed by atoms with Crippen molar-refractivity contribution >= 4 is 28.8 Å². The molecule has 168 valence electrons. The fourth-order valence-electron chi connectivity index (χ4n) is 3.67. The van der Waals surface area contributed by atoms with E-state index in [2.05, 4.69) is 0 Å². The number of cyclic esters (lactones) is 1. The van der Waals surface area contributed by atoms with Gasteiger partial charge in [-0.1, -0.05) is 30.3 Å². The molecule has 1 aliphatic heterocycles. The van der Waals surface area contributed by atoms with Crippen LogP contribution >= 0.6 is 0 Å². The molecule has 0 aliphatic carbocycles. The van der Waals surface area contributed by atoms with Crippen molar-refractivity contribution in [2.45, 2.75) is 6.61 Å². The third-order valence-corrected chi connectivity index (χ3v) is 5.41. The van der Waals surface area contributed by atoms with E-state index in [9.17, 15) is 9.59 Å². The van der Waals surface area contributed by atoms with Crippen molar-refractivity contribution in [2.75, 3.05) is 7.11 Å². The monoisotopic (exact) mass is 452 g/mol. The van der Waals surface area contributed by atoms with Crippen molar-refractivity contribution in [3.63, 3.8) is 0 Å². The number of rotatable bonds is 6. The summed E-state index contributed by atoms with van der Waals surface area (Å²) in [6.07, 6.45) is 3.28. The minimum absolute atomic E-state index is 0.335. The minimum atomic E-state index is -0.523. The molecule has 0 atom stereocenters. The number of hydrogen-bond acceptors (Lipinski definition) is 6. The number of ether oxygens (including phenoxy) is 3. The molecule has 1 aromatic heterocycles. The fraction of sp³-hybridized carbons (Fsp3) is 0.0714. The van der Waals surface area contributed by atoms with E-state index in [4.69, 9.17) is 18.6 Å². The molecule has 0 radical (unpaired) electrons. The molecular formula is C28H20O6. The zero-order valence-electron chi connectivity index (χ0n) is 18.3. The van der Waals surface area contributed by atoms with Crippen LogP contribution in [0.4, 0.5) is 0 Å². The Kier molecular flexibility index (Phi) is 5.70. The van der Waals surface area contributed by atoms with Gasteiger partial charge in [0.15, 0.2) is 0 Å². The maximum Gasteiger partial charge on any atom is 0.343 e. The first-order valence-corrected chi connectivity index (χ1v) is 10.6. The maximum absolute atomic E-state index is 12.5. The van der Waals surface area contributed by atoms with Crippen LogP contribution in [0, 0.1) is 0 Å². The summed E-state index contributed by atoms with van der Waals surface area (Å²) < 4.78 is 21.8. The third kappa shape index (κ3) is 4.47. The molecule has 0 N–H and O–H groups in total. The summed E-state index contributed by atoms with van der Waals surface area (Å²) in [5, 5.41) is 0.679. The average molecular weight is 452 g/mol. The number of carbonyl (C=O) groups is 1. The van der Waals surface area contributed by atoms with E-state index in [0.29, 0.717) is 46.0 Å². The lowest BCUT2D eigenvalue weighted by Gasteiger charge is -2.08. The zero-order chi connectivity index (χ0) is 23.5. The predicted octanol–water partition coefficient (Wildman–Crippen LogP) is 5.36. The second-order valence-corrected chi connectivity index (χ2v) is 7.68. The molecule has 0 fully saturated rings. The third-order valence-electron chi connectivity index (χ3n) is 5.41. The normalized spacial score (nSPS) is 14.2. The Labute approximate surface area is 195 Å². The van der Waals surface area contributed by atoms with Gasteiger partial charge in [-0.2, -0.15) is 0 Å². The quantitative estimate of drug-likeness (QED) is 0.223. The number of carbonyl (C=O) groups excluding carboxylic acids is 1. The van der Waals surface area contributed by atoms with Crippen molar-refractivity contribution in [2.24, 2.45) is 0 Å². The summed E-state index contributed by atoms with van der Waals surface area (Å²) in [6.45, 7) is 0.394. The van der Waals surface area contributed by atoms with Crippen LogP contribution in [0.5, 0.6) is 11.5 Å². The van der Waals surface area contributed by atoms with Crippen molar-refractivity contribution in [3.8, 4) is 11.5 Å². The number of benzene rings is 3. The Hall–Kier alpha value is -4.58. The number of fused-ring (bicyclic) bond motifs is 1. The summed E-state index contributed by atoms with van der Waals surface area (Å²) in [5.74, 6) is 1.23. The lowest BCUT2D eigenvalue weighted by molar-refractivity contribution is -0.130. The van der Waals surface area contributed by atoms with Gasteiger partial charge >= 0.3 is 11.6 Å². The fourth-order valence-corrected chi connectivity index (χ4v) is 3.67. The Balaban J connectivity index is 1.45. The van der Waals surface area contributed by atoms with Crippen molar-refractivity contribution in [1.29, 1.82) is 0 Å². The van der Waals surface area contributed by atoms with Crippen LogP contribution in [0.25, 0.3) is 22.8 Å². The number of methoxy groups -OCH3 is 1. The van der Waals surface area contributed by atoms with E-state index in [1.807, 2.05) is 42.5 Å². The topological polar surface area (TPSA) is 75.0 Å². The summed E-state index contributed by atoms with van der Waals surface area (Å²) in [4.78, 5) is 24.7. The molecule has 6 heteroatoms. The molecule has 4 aromatic rings. The second kappa shape index (κ2) is 9.11. The Morgan fingerprint density at radius 1 is 0.882 bits per heavy atom. The lowest BCUT2D eigenvalue weighted by atomic mass is 10.1. The summed E-state index contributed by atoms with van der Waals surface area (Å²) in [7, 11) is 1.59. The highest BCUT2D eigenvalue weighted by atomic mass is 16.5. The van der Waals surface area contributed by atoms with Gasteiger partial charge in [0.2, 0.25) is 0 Å². The standard InChI is InChI=1S/C28H20O6/c1-31-22-9-7-19(8-10-22)25-14-21(28(30)34-25)13-20-15-27(29)33-26-16-23(11-12-24(20)26)32-17-18-5-3-2-4-6-18/h2-16H,17H2,1H3/b21-13-. The molecule has 0 amide bonds. The molecule has 1 aliphatic rings. The van der Waals surface area contributed by atoms with E-state index in [0.717, 1.165) is 11.1 Å². The van der Waals surface area contributed by atoms with E-state index in [1.54, 1.807) is 49.6 Å². The lowest BCUT2D eigenvalue weighted by Crippen LogP contribution is -2.01. The van der Waals surface area contributed by atoms with Gasteiger partial charge in [-0.15, -0.1) is 0 Å². The highest BCUT2D eigenvalue weighted by Gasteiger charge is 2.22. The van der Waals surface area contributed by atoms with Crippen molar-refractivity contribution in [1.82, 2.24) is 0 Å². The molecule has 2 heterocycles. The van der Waals surface area contributed by atoms with E-state index < -0.39 is 11.6 Å². The number of esters is 1. The first-order valence-electron chi connectivity index (χ1n) is 10.6. The smallest absolute Gasteiger partial charge is 0.343 e. The van der Waals surface area contributed by atoms with E-state index in [1.165, 1.54) is 6.07 Å². The maximum atomic E-state index is 12.5. The first kappa shape index (κ1) is 21.3. The Morgan fingerprint density at radius 2 is 1.65 bits per heavy atom. The van der Waals surface area contributed by atoms with Crippen LogP contribution in [0.1, 0.15) is 16.7 Å². The van der Waals surface area contributed by atoms with E-state index >= 15 is 0 Å². The van der Waals surface area contributed by atoms with Crippen LogP contribution in [-0.4, -0.2) is 13.1 Å². The van der Waals surface area contributed by atoms with Gasteiger partial charge in [-0.3, -0.25) is 0 Å². The summed E-state index contributed by atoms with van der Waals surface area (Å²) >= 11 is 0. The predicted molar refractivity (Wildman–Crippen MR) is 128 cm³/mol. The van der Waals surface area contributed by atoms with Gasteiger partial charge in [-0.25, -0.2) is 9.59 Å². The Morgan fingerprint density at radius 3 is 2.41 bits per heavy atom. The molecule has 3 aromatic carbocycles. The van der Waals surface area contributed by atoms with Crippen molar-refractivity contribution < 1.29 is 23.4 Å². The molecule has 0 saturated heterocycles. The van der Waals surface area contributed by atoms with Crippen LogP contribution in [0.2, 0.25) is 0 Å². The SMILES string of the molecule is COc1ccc(C2=C/C(=C/c3cc(=O)oc4cc(OCc5ccccc5)ccc34)C(=O)O2)cc1. The highest BCUT2D eigenvalue weighted by Crippen LogP contribution is 2.30. The van der Waals surface area contributed by atoms with Gasteiger partial charge < -0.3 is 18.6 Å². The first-order chi connectivity index (χ1) is 16.6. The summed E-state index contributed by atoms with van der Waals surface area (Å²) in [5.41, 5.74) is 2.51. The van der Waals surface area contributed by atoms with Crippen LogP contribution in [-0.2, 0) is 16.1 Å². The minimum Gasteiger partial charge on any atom is -0.497 e. The van der Waals surface area contributed by atoms with Crippen LogP contribution in [0.15, 0.2) is 99.7 Å². The highest BCUT2D eigenvalue weighted by molar-refractivity contribution is 6.06. The van der Waals surface area contributed by atoms with Gasteiger partial charge in [0, 0.05) is 23.1 Å². The van der Waals surface area contributed by atoms with Crippen molar-refractivity contribution in [3.05, 3.63) is 118 Å². The molecular weight excluding hydrogens is 432 g/mol. The summed E-state index contributed by atoms with van der Waals surface area (Å²) in [6, 6.07) is 23.6. The van der Waals surface area contributed by atoms with Gasteiger partial charge in [0.1, 0.15) is 29.4 Å². The van der Waals surface area contributed by atoms with Gasteiger partial charge in [0.25, 0.3) is 0 Å². The molecule has 6 nitrogen and oxygen atoms in total. The van der Waals surface area contributed by atoms with Gasteiger partial charge in [0.05, 0.1) is 12.7 Å². The molecule has 5 rings (SSSR count). The van der Waals surface area contributed by atoms with E-state index in [-0.39, 0.29) is 0 Å². The molecule has 0 unspecified atom stereocenters.